The zero-order valence-electron chi connectivity index (χ0n) is 12.6. The Balaban J connectivity index is 4.49. The van der Waals surface area contributed by atoms with Gasteiger partial charge < -0.3 is 4.74 Å². The fourth-order valence-corrected chi connectivity index (χ4v) is 2.01. The lowest BCUT2D eigenvalue weighted by molar-refractivity contribution is -0.130. The number of Topliss-reactive ketones (excluding diaryl/α,β-unsaturated/α-hetero) is 1. The van der Waals surface area contributed by atoms with E-state index in [1.807, 2.05) is 27.7 Å². The Hall–Kier alpha value is -0.410. The molecule has 3 heteroatoms. The number of hydrogen-bond acceptors (Lipinski definition) is 3. The third kappa shape index (κ3) is 4.76. The minimum atomic E-state index is -0.368. The summed E-state index contributed by atoms with van der Waals surface area (Å²) in [4.78, 5) is 14.5. The van der Waals surface area contributed by atoms with Crippen LogP contribution in [0.3, 0.4) is 0 Å². The van der Waals surface area contributed by atoms with Gasteiger partial charge in [-0.15, -0.1) is 0 Å². The average molecular weight is 243 g/mol. The van der Waals surface area contributed by atoms with Crippen LogP contribution in [0.2, 0.25) is 0 Å². The summed E-state index contributed by atoms with van der Waals surface area (Å²) in [6, 6.07) is 0. The van der Waals surface area contributed by atoms with Crippen molar-refractivity contribution in [1.82, 2.24) is 4.90 Å². The van der Waals surface area contributed by atoms with Crippen molar-refractivity contribution in [3.8, 4) is 0 Å². The van der Waals surface area contributed by atoms with Crippen molar-refractivity contribution < 1.29 is 9.53 Å². The lowest BCUT2D eigenvalue weighted by Gasteiger charge is -2.36. The maximum Gasteiger partial charge on any atom is 0.152 e. The summed E-state index contributed by atoms with van der Waals surface area (Å²) >= 11 is 0. The topological polar surface area (TPSA) is 29.5 Å². The monoisotopic (exact) mass is 243 g/mol. The molecule has 17 heavy (non-hydrogen) atoms. The maximum absolute atomic E-state index is 12.3. The highest BCUT2D eigenvalue weighted by Crippen LogP contribution is 2.22. The lowest BCUT2D eigenvalue weighted by atomic mass is 9.90. The number of ether oxygens (including phenoxy) is 1. The molecule has 102 valence electrons. The normalized spacial score (nSPS) is 13.2. The molecule has 0 unspecified atom stereocenters. The molecule has 0 rings (SSSR count). The quantitative estimate of drug-likeness (QED) is 0.656. The molecule has 0 saturated heterocycles. The predicted octanol–water partition coefficient (Wildman–Crippen LogP) is 2.88. The van der Waals surface area contributed by atoms with Gasteiger partial charge in [-0.2, -0.15) is 0 Å². The number of methoxy groups -OCH3 is 1. The van der Waals surface area contributed by atoms with Crippen LogP contribution >= 0.6 is 0 Å². The summed E-state index contributed by atoms with van der Waals surface area (Å²) in [6.45, 7) is 14.1. The van der Waals surface area contributed by atoms with Gasteiger partial charge in [0.15, 0.2) is 5.78 Å². The molecular formula is C14H29NO2. The molecule has 0 aromatic carbocycles. The second kappa shape index (κ2) is 6.50. The average Bonchev–Trinajstić information content (AvgIpc) is 2.27. The number of nitrogens with zero attached hydrogens (tertiary/aromatic N) is 1. The van der Waals surface area contributed by atoms with Gasteiger partial charge in [-0.05, 0) is 47.2 Å². The van der Waals surface area contributed by atoms with Crippen molar-refractivity contribution >= 4 is 5.78 Å². The smallest absolute Gasteiger partial charge is 0.152 e. The fraction of sp³-hybridized carbons (Fsp3) is 0.929. The Morgan fingerprint density at radius 1 is 1.12 bits per heavy atom. The van der Waals surface area contributed by atoms with Gasteiger partial charge in [-0.1, -0.05) is 13.8 Å². The summed E-state index contributed by atoms with van der Waals surface area (Å²) in [7, 11) is 1.69. The lowest BCUT2D eigenvalue weighted by Crippen LogP contribution is -2.50. The Kier molecular flexibility index (Phi) is 6.35. The molecule has 0 bridgehead atoms. The highest BCUT2D eigenvalue weighted by atomic mass is 16.5. The number of hydrogen-bond donors (Lipinski definition) is 0. The first kappa shape index (κ1) is 16.6. The molecule has 0 aliphatic carbocycles. The molecule has 0 aliphatic rings. The van der Waals surface area contributed by atoms with Crippen molar-refractivity contribution in [2.75, 3.05) is 20.2 Å². The summed E-state index contributed by atoms with van der Waals surface area (Å²) in [5, 5.41) is 0. The molecule has 0 amide bonds. The molecule has 3 nitrogen and oxygen atoms in total. The first-order chi connectivity index (χ1) is 7.71. The fourth-order valence-electron chi connectivity index (χ4n) is 2.01. The van der Waals surface area contributed by atoms with Gasteiger partial charge >= 0.3 is 0 Å². The molecule has 0 N–H and O–H groups in total. The third-order valence-electron chi connectivity index (χ3n) is 3.74. The number of ketones is 1. The van der Waals surface area contributed by atoms with Crippen LogP contribution in [0.15, 0.2) is 0 Å². The van der Waals surface area contributed by atoms with Gasteiger partial charge in [0.2, 0.25) is 0 Å². The summed E-state index contributed by atoms with van der Waals surface area (Å²) < 4.78 is 5.35. The van der Waals surface area contributed by atoms with Gasteiger partial charge in [0, 0.05) is 13.5 Å². The van der Waals surface area contributed by atoms with Gasteiger partial charge in [0.05, 0.1) is 11.1 Å². The van der Waals surface area contributed by atoms with E-state index in [1.165, 1.54) is 0 Å². The largest absolute Gasteiger partial charge is 0.379 e. The minimum absolute atomic E-state index is 0.213. The van der Waals surface area contributed by atoms with Crippen LogP contribution in [-0.2, 0) is 9.53 Å². The van der Waals surface area contributed by atoms with Crippen molar-refractivity contribution in [3.63, 3.8) is 0 Å². The SMILES string of the molecule is CCN(CC)C(C)(C)C(=O)CCC(C)(C)OC. The third-order valence-corrected chi connectivity index (χ3v) is 3.74. The predicted molar refractivity (Wildman–Crippen MR) is 72.3 cm³/mol. The summed E-state index contributed by atoms with van der Waals surface area (Å²) in [5.74, 6) is 0.298. The van der Waals surface area contributed by atoms with E-state index < -0.39 is 0 Å². The van der Waals surface area contributed by atoms with E-state index in [4.69, 9.17) is 4.74 Å². The van der Waals surface area contributed by atoms with Crippen molar-refractivity contribution in [3.05, 3.63) is 0 Å². The van der Waals surface area contributed by atoms with E-state index in [2.05, 4.69) is 18.7 Å². The highest BCUT2D eigenvalue weighted by Gasteiger charge is 2.33. The van der Waals surface area contributed by atoms with E-state index in [9.17, 15) is 4.79 Å². The van der Waals surface area contributed by atoms with Crippen LogP contribution in [-0.4, -0.2) is 42.0 Å². The van der Waals surface area contributed by atoms with Crippen molar-refractivity contribution in [1.29, 1.82) is 0 Å². The van der Waals surface area contributed by atoms with Crippen LogP contribution in [0.1, 0.15) is 54.4 Å². The van der Waals surface area contributed by atoms with E-state index >= 15 is 0 Å². The Morgan fingerprint density at radius 3 is 1.94 bits per heavy atom. The summed E-state index contributed by atoms with van der Waals surface area (Å²) in [6.07, 6.45) is 1.34. The first-order valence-corrected chi connectivity index (χ1v) is 6.54. The Labute approximate surface area is 107 Å². The molecule has 0 atom stereocenters. The number of carbonyl (C=O) groups is 1. The van der Waals surface area contributed by atoms with E-state index in [0.29, 0.717) is 12.2 Å². The molecule has 0 aromatic heterocycles. The highest BCUT2D eigenvalue weighted by molar-refractivity contribution is 5.87. The minimum Gasteiger partial charge on any atom is -0.379 e. The molecule has 0 aliphatic heterocycles. The number of rotatable bonds is 8. The van der Waals surface area contributed by atoms with Gasteiger partial charge in [0.1, 0.15) is 0 Å². The van der Waals surface area contributed by atoms with E-state index in [-0.39, 0.29) is 11.1 Å². The van der Waals surface area contributed by atoms with Crippen molar-refractivity contribution in [2.45, 2.75) is 65.5 Å². The molecule has 0 radical (unpaired) electrons. The van der Waals surface area contributed by atoms with Gasteiger partial charge in [-0.25, -0.2) is 0 Å². The van der Waals surface area contributed by atoms with Gasteiger partial charge in [0.25, 0.3) is 0 Å². The molecular weight excluding hydrogens is 214 g/mol. The number of likely N-dealkylation sites (N-methyl/N-ethyl adjacent to an activating group) is 1. The van der Waals surface area contributed by atoms with Crippen LogP contribution in [0, 0.1) is 0 Å². The zero-order chi connectivity index (χ0) is 13.7. The van der Waals surface area contributed by atoms with Crippen LogP contribution in [0.25, 0.3) is 0 Å². The van der Waals surface area contributed by atoms with E-state index in [1.54, 1.807) is 7.11 Å². The first-order valence-electron chi connectivity index (χ1n) is 6.54. The van der Waals surface area contributed by atoms with Crippen LogP contribution in [0.5, 0.6) is 0 Å². The standard InChI is InChI=1S/C14H29NO2/c1-8-15(9-2)14(5,6)12(16)10-11-13(3,4)17-7/h8-11H2,1-7H3. The Bertz CT molecular complexity index is 243. The molecule has 0 saturated carbocycles. The molecule has 0 spiro atoms. The van der Waals surface area contributed by atoms with Gasteiger partial charge in [-0.3, -0.25) is 9.69 Å². The molecule has 0 aromatic rings. The second-order valence-corrected chi connectivity index (χ2v) is 5.62. The zero-order valence-corrected chi connectivity index (χ0v) is 12.6. The summed E-state index contributed by atoms with van der Waals surface area (Å²) in [5.41, 5.74) is -0.581. The molecule has 0 fully saturated rings. The van der Waals surface area contributed by atoms with E-state index in [0.717, 1.165) is 19.5 Å². The van der Waals surface area contributed by atoms with Crippen LogP contribution < -0.4 is 0 Å². The van der Waals surface area contributed by atoms with Crippen molar-refractivity contribution in [2.24, 2.45) is 0 Å². The second-order valence-electron chi connectivity index (χ2n) is 5.62. The Morgan fingerprint density at radius 2 is 1.59 bits per heavy atom. The molecule has 0 heterocycles. The van der Waals surface area contributed by atoms with Crippen LogP contribution in [0.4, 0.5) is 0 Å². The number of carbonyl (C=O) groups excluding carboxylic acids is 1. The maximum atomic E-state index is 12.3.